The Balaban J connectivity index is 0.00000320. The molecule has 6 amide bonds. The van der Waals surface area contributed by atoms with Crippen molar-refractivity contribution in [3.8, 4) is 0 Å². The van der Waals surface area contributed by atoms with Gasteiger partial charge in [0.15, 0.2) is 10.3 Å². The second-order valence-electron chi connectivity index (χ2n) is 6.43. The maximum atomic E-state index is 12.2. The molecule has 156 valence electrons. The first-order valence-electron chi connectivity index (χ1n) is 8.63. The summed E-state index contributed by atoms with van der Waals surface area (Å²) in [4.78, 5) is 48.4. The van der Waals surface area contributed by atoms with Gasteiger partial charge >= 0.3 is 41.6 Å². The zero-order chi connectivity index (χ0) is 21.2. The van der Waals surface area contributed by atoms with E-state index in [-0.39, 0.29) is 53.4 Å². The first-order chi connectivity index (χ1) is 13.7. The molecule has 2 heterocycles. The predicted molar refractivity (Wildman–Crippen MR) is 95.8 cm³/mol. The van der Waals surface area contributed by atoms with Crippen molar-refractivity contribution in [3.05, 3.63) is 35.4 Å². The Bertz CT molecular complexity index is 970. The molecule has 2 saturated heterocycles. The maximum absolute atomic E-state index is 12.2. The number of nitrogens with one attached hydrogen (secondary N) is 3. The van der Waals surface area contributed by atoms with Crippen molar-refractivity contribution in [2.24, 2.45) is 0 Å². The van der Waals surface area contributed by atoms with Crippen LogP contribution in [0.4, 0.5) is 9.59 Å². The van der Waals surface area contributed by atoms with Crippen molar-refractivity contribution in [3.63, 3.8) is 0 Å². The number of hydrogen-bond acceptors (Lipinski definition) is 7. The van der Waals surface area contributed by atoms with Crippen LogP contribution in [-0.2, 0) is 32.9 Å². The number of benzene rings is 1. The standard InChI is InChI=1S/C16H19N5O7S.Na/c22-13(19-12-9-21(14(12)23)29(26,27)28)7-10-3-1-2-4-11(10)8-18-16(25)20-6-5-17-15(20)24;/h1-4,12H,5-9H2,(H,17,24)(H,18,25)(H,19,22)(H,26,27,28);/q;+1/p-1. The third-order valence-corrected chi connectivity index (χ3v) is 5.37. The van der Waals surface area contributed by atoms with Gasteiger partial charge in [-0.05, 0) is 11.1 Å². The molecule has 0 bridgehead atoms. The van der Waals surface area contributed by atoms with Gasteiger partial charge in [0.05, 0.1) is 13.0 Å². The van der Waals surface area contributed by atoms with E-state index in [2.05, 4.69) is 16.0 Å². The van der Waals surface area contributed by atoms with Crippen molar-refractivity contribution in [2.75, 3.05) is 19.6 Å². The predicted octanol–water partition coefficient (Wildman–Crippen LogP) is -4.74. The number of carbonyl (C=O) groups is 4. The summed E-state index contributed by atoms with van der Waals surface area (Å²) >= 11 is 0. The second-order valence-corrected chi connectivity index (χ2v) is 7.73. The van der Waals surface area contributed by atoms with Crippen molar-refractivity contribution < 1.29 is 61.7 Å². The molecule has 2 aliphatic rings. The van der Waals surface area contributed by atoms with Gasteiger partial charge in [0.1, 0.15) is 6.04 Å². The van der Waals surface area contributed by atoms with Gasteiger partial charge in [-0.3, -0.25) is 9.59 Å². The average Bonchev–Trinajstić information content (AvgIpc) is 3.08. The van der Waals surface area contributed by atoms with E-state index in [4.69, 9.17) is 0 Å². The Kier molecular flexibility index (Phi) is 7.82. The smallest absolute Gasteiger partial charge is 0.731 e. The van der Waals surface area contributed by atoms with Gasteiger partial charge in [-0.15, -0.1) is 0 Å². The molecule has 3 rings (SSSR count). The minimum Gasteiger partial charge on any atom is -0.731 e. The molecule has 3 N–H and O–H groups in total. The number of urea groups is 2. The third-order valence-electron chi connectivity index (χ3n) is 4.50. The summed E-state index contributed by atoms with van der Waals surface area (Å²) in [6.07, 6.45) is -0.121. The molecule has 12 nitrogen and oxygen atoms in total. The third kappa shape index (κ3) is 5.49. The minimum absolute atomic E-state index is 0. The molecule has 0 aromatic heterocycles. The maximum Gasteiger partial charge on any atom is 1.00 e. The van der Waals surface area contributed by atoms with E-state index in [1.807, 2.05) is 0 Å². The second kappa shape index (κ2) is 9.75. The Labute approximate surface area is 194 Å². The quantitative estimate of drug-likeness (QED) is 0.223. The van der Waals surface area contributed by atoms with E-state index in [9.17, 15) is 32.1 Å². The number of amides is 6. The van der Waals surface area contributed by atoms with Gasteiger partial charge in [0, 0.05) is 19.6 Å². The number of imide groups is 1. The fourth-order valence-corrected chi connectivity index (χ4v) is 3.64. The van der Waals surface area contributed by atoms with Gasteiger partial charge in [-0.1, -0.05) is 24.3 Å². The molecule has 1 aromatic carbocycles. The largest absolute Gasteiger partial charge is 1.00 e. The Morgan fingerprint density at radius 3 is 2.43 bits per heavy atom. The van der Waals surface area contributed by atoms with Crippen molar-refractivity contribution in [2.45, 2.75) is 19.0 Å². The number of carbonyl (C=O) groups excluding carboxylic acids is 4. The van der Waals surface area contributed by atoms with Crippen LogP contribution in [0.15, 0.2) is 24.3 Å². The zero-order valence-electron chi connectivity index (χ0n) is 16.1. The molecule has 0 saturated carbocycles. The molecular formula is C16H18N5NaO7S. The summed E-state index contributed by atoms with van der Waals surface area (Å²) in [7, 11) is -4.87. The van der Waals surface area contributed by atoms with Gasteiger partial charge < -0.3 is 20.5 Å². The van der Waals surface area contributed by atoms with Crippen LogP contribution in [-0.4, -0.2) is 71.7 Å². The summed E-state index contributed by atoms with van der Waals surface area (Å²) in [5.41, 5.74) is 1.22. The van der Waals surface area contributed by atoms with Crippen LogP contribution in [0.2, 0.25) is 0 Å². The molecule has 0 spiro atoms. The first-order valence-corrected chi connectivity index (χ1v) is 10.00. The molecule has 1 atom stereocenters. The van der Waals surface area contributed by atoms with Crippen LogP contribution in [0.3, 0.4) is 0 Å². The van der Waals surface area contributed by atoms with Crippen LogP contribution >= 0.6 is 0 Å². The molecule has 2 fully saturated rings. The summed E-state index contributed by atoms with van der Waals surface area (Å²) in [6, 6.07) is 4.69. The van der Waals surface area contributed by atoms with Gasteiger partial charge in [0.2, 0.25) is 5.91 Å². The van der Waals surface area contributed by atoms with E-state index in [1.165, 1.54) is 0 Å². The molecule has 30 heavy (non-hydrogen) atoms. The molecule has 0 radical (unpaired) electrons. The molecule has 2 aliphatic heterocycles. The van der Waals surface area contributed by atoms with E-state index < -0.39 is 46.8 Å². The zero-order valence-corrected chi connectivity index (χ0v) is 18.9. The SMILES string of the molecule is O=C(Cc1ccccc1CNC(=O)N1CCNC1=O)NC1CN(S(=O)(=O)[O-])C1=O.[Na+]. The van der Waals surface area contributed by atoms with Gasteiger partial charge in [-0.25, -0.2) is 27.2 Å². The van der Waals surface area contributed by atoms with Crippen molar-refractivity contribution >= 4 is 34.2 Å². The fourth-order valence-electron chi connectivity index (χ4n) is 2.96. The Morgan fingerprint density at radius 1 is 1.20 bits per heavy atom. The average molecular weight is 447 g/mol. The van der Waals surface area contributed by atoms with Crippen LogP contribution in [0, 0.1) is 0 Å². The summed E-state index contributed by atoms with van der Waals surface area (Å²) in [5, 5.41) is 7.50. The number of rotatable bonds is 6. The van der Waals surface area contributed by atoms with Crippen molar-refractivity contribution in [1.29, 1.82) is 0 Å². The van der Waals surface area contributed by atoms with Crippen LogP contribution in [0.1, 0.15) is 11.1 Å². The molecular weight excluding hydrogens is 429 g/mol. The number of β-lactam (4-membered cyclic amide) rings is 1. The summed E-state index contributed by atoms with van der Waals surface area (Å²) in [5.74, 6) is -1.51. The molecule has 0 aliphatic carbocycles. The monoisotopic (exact) mass is 447 g/mol. The van der Waals surface area contributed by atoms with Crippen LogP contribution < -0.4 is 45.5 Å². The minimum atomic E-state index is -4.87. The van der Waals surface area contributed by atoms with Gasteiger partial charge in [-0.2, -0.15) is 0 Å². The van der Waals surface area contributed by atoms with E-state index in [1.54, 1.807) is 24.3 Å². The topological polar surface area (TPSA) is 168 Å². The van der Waals surface area contributed by atoms with E-state index in [0.717, 1.165) is 4.90 Å². The molecule has 14 heteroatoms. The summed E-state index contributed by atoms with van der Waals surface area (Å²) in [6.45, 7) is 0.330. The number of hydrogen-bond donors (Lipinski definition) is 3. The van der Waals surface area contributed by atoms with Gasteiger partial charge in [0.25, 0.3) is 5.91 Å². The number of nitrogens with zero attached hydrogens (tertiary/aromatic N) is 2. The summed E-state index contributed by atoms with van der Waals surface area (Å²) < 4.78 is 32.6. The van der Waals surface area contributed by atoms with Crippen LogP contribution in [0.25, 0.3) is 0 Å². The van der Waals surface area contributed by atoms with E-state index in [0.29, 0.717) is 17.7 Å². The Hall–Kier alpha value is -2.19. The Morgan fingerprint density at radius 2 is 1.87 bits per heavy atom. The first kappa shape index (κ1) is 24.1. The van der Waals surface area contributed by atoms with Crippen LogP contribution in [0.5, 0.6) is 0 Å². The molecule has 1 aromatic rings. The van der Waals surface area contributed by atoms with E-state index >= 15 is 0 Å². The molecule has 1 unspecified atom stereocenters. The van der Waals surface area contributed by atoms with Crippen molar-refractivity contribution in [1.82, 2.24) is 25.2 Å². The normalized spacial score (nSPS) is 18.2. The fraction of sp³-hybridized carbons (Fsp3) is 0.375.